The summed E-state index contributed by atoms with van der Waals surface area (Å²) < 4.78 is 2.05. The van der Waals surface area contributed by atoms with Crippen LogP contribution in [0.3, 0.4) is 0 Å². The average molecular weight is 389 g/mol. The number of nitrogens with zero attached hydrogens (tertiary/aromatic N) is 3. The number of aryl methyl sites for hydroxylation is 1. The largest absolute Gasteiger partial charge is 0.352 e. The molecule has 1 aliphatic rings. The van der Waals surface area contributed by atoms with E-state index in [1.165, 1.54) is 22.4 Å². The van der Waals surface area contributed by atoms with Gasteiger partial charge in [0.05, 0.1) is 14.6 Å². The van der Waals surface area contributed by atoms with Crippen molar-refractivity contribution >= 4 is 38.8 Å². The van der Waals surface area contributed by atoms with E-state index in [9.17, 15) is 9.59 Å². The number of carbonyl (C=O) groups is 1. The van der Waals surface area contributed by atoms with Gasteiger partial charge in [-0.25, -0.2) is 9.67 Å². The molecular weight excluding hydrogens is 368 g/mol. The summed E-state index contributed by atoms with van der Waals surface area (Å²) in [7, 11) is 0. The predicted octanol–water partition coefficient (Wildman–Crippen LogP) is 3.34. The number of hydrogen-bond donors (Lipinski definition) is 1. The van der Waals surface area contributed by atoms with Crippen LogP contribution in [0.15, 0.2) is 22.3 Å². The maximum atomic E-state index is 12.8. The first-order valence-corrected chi connectivity index (χ1v) is 10.5. The van der Waals surface area contributed by atoms with Gasteiger partial charge in [0.1, 0.15) is 12.2 Å². The van der Waals surface area contributed by atoms with Gasteiger partial charge in [-0.3, -0.25) is 9.59 Å². The number of amides is 1. The molecule has 26 heavy (non-hydrogen) atoms. The van der Waals surface area contributed by atoms with Gasteiger partial charge < -0.3 is 5.32 Å². The Balaban J connectivity index is 1.67. The molecule has 0 radical (unpaired) electrons. The Hall–Kier alpha value is -2.06. The van der Waals surface area contributed by atoms with Crippen molar-refractivity contribution in [1.82, 2.24) is 20.1 Å². The number of nitrogens with one attached hydrogen (secondary N) is 1. The van der Waals surface area contributed by atoms with Gasteiger partial charge in [-0.05, 0) is 31.2 Å². The second-order valence-corrected chi connectivity index (χ2v) is 8.75. The smallest absolute Gasteiger partial charge is 0.294 e. The van der Waals surface area contributed by atoms with Crippen molar-refractivity contribution in [3.8, 4) is 10.6 Å². The van der Waals surface area contributed by atoms with Crippen molar-refractivity contribution in [2.24, 2.45) is 0 Å². The van der Waals surface area contributed by atoms with E-state index in [1.54, 1.807) is 11.3 Å². The fraction of sp³-hybridized carbons (Fsp3) is 0.444. The molecule has 1 fully saturated rings. The molecule has 0 saturated heterocycles. The normalized spacial score (nSPS) is 15.4. The molecule has 136 valence electrons. The lowest BCUT2D eigenvalue weighted by atomic mass is 9.95. The van der Waals surface area contributed by atoms with Gasteiger partial charge in [-0.2, -0.15) is 5.10 Å². The van der Waals surface area contributed by atoms with Gasteiger partial charge in [0.15, 0.2) is 5.52 Å². The first kappa shape index (κ1) is 17.4. The highest BCUT2D eigenvalue weighted by Crippen LogP contribution is 2.31. The molecule has 1 aliphatic carbocycles. The lowest BCUT2D eigenvalue weighted by molar-refractivity contribution is -0.122. The van der Waals surface area contributed by atoms with Gasteiger partial charge in [-0.1, -0.05) is 25.3 Å². The molecule has 3 aromatic heterocycles. The van der Waals surface area contributed by atoms with Crippen LogP contribution in [0.2, 0.25) is 0 Å². The van der Waals surface area contributed by atoms with Crippen LogP contribution < -0.4 is 10.9 Å². The van der Waals surface area contributed by atoms with Crippen LogP contribution in [0.5, 0.6) is 0 Å². The van der Waals surface area contributed by atoms with E-state index in [1.807, 2.05) is 24.4 Å². The quantitative estimate of drug-likeness (QED) is 0.744. The first-order chi connectivity index (χ1) is 12.6. The third kappa shape index (κ3) is 3.43. The van der Waals surface area contributed by atoms with Crippen LogP contribution in [0.25, 0.3) is 20.8 Å². The zero-order chi connectivity index (χ0) is 18.1. The van der Waals surface area contributed by atoms with Gasteiger partial charge >= 0.3 is 0 Å². The summed E-state index contributed by atoms with van der Waals surface area (Å²) >= 11 is 3.03. The highest BCUT2D eigenvalue weighted by molar-refractivity contribution is 7.20. The minimum Gasteiger partial charge on any atom is -0.352 e. The molecule has 3 heterocycles. The first-order valence-electron chi connectivity index (χ1n) is 8.83. The maximum absolute atomic E-state index is 12.8. The summed E-state index contributed by atoms with van der Waals surface area (Å²) in [5, 5.41) is 10.4. The molecule has 1 amide bonds. The lowest BCUT2D eigenvalue weighted by Crippen LogP contribution is -2.40. The number of thiophene rings is 1. The van der Waals surface area contributed by atoms with E-state index in [2.05, 4.69) is 15.4 Å². The highest BCUT2D eigenvalue weighted by atomic mass is 32.1. The summed E-state index contributed by atoms with van der Waals surface area (Å²) in [5.41, 5.74) is 0.825. The van der Waals surface area contributed by atoms with Crippen molar-refractivity contribution in [2.45, 2.75) is 51.6 Å². The van der Waals surface area contributed by atoms with Crippen molar-refractivity contribution in [1.29, 1.82) is 0 Å². The number of aromatic nitrogens is 3. The molecule has 0 aromatic carbocycles. The Bertz CT molecular complexity index is 985. The fourth-order valence-corrected chi connectivity index (χ4v) is 5.09. The fourth-order valence-electron chi connectivity index (χ4n) is 3.40. The number of rotatable bonds is 4. The van der Waals surface area contributed by atoms with Crippen molar-refractivity contribution < 1.29 is 4.79 Å². The molecule has 8 heteroatoms. The SMILES string of the molecule is Cc1nc2c(=O)n(CC(=O)NC3CCCCC3)nc(-c3cccs3)c2s1. The molecule has 0 aliphatic heterocycles. The zero-order valence-electron chi connectivity index (χ0n) is 14.5. The number of carbonyl (C=O) groups excluding carboxylic acids is 1. The Labute approximate surface area is 158 Å². The van der Waals surface area contributed by atoms with Gasteiger partial charge in [0.2, 0.25) is 5.91 Å². The van der Waals surface area contributed by atoms with Crippen molar-refractivity contribution in [3.63, 3.8) is 0 Å². The third-order valence-corrected chi connectivity index (χ3v) is 6.48. The number of fused-ring (bicyclic) bond motifs is 1. The minimum atomic E-state index is -0.302. The van der Waals surface area contributed by atoms with Gasteiger partial charge in [0.25, 0.3) is 5.56 Å². The molecule has 0 spiro atoms. The minimum absolute atomic E-state index is 0.0692. The molecule has 0 bridgehead atoms. The van der Waals surface area contributed by atoms with E-state index in [0.29, 0.717) is 5.52 Å². The summed E-state index contributed by atoms with van der Waals surface area (Å²) in [6.45, 7) is 1.81. The summed E-state index contributed by atoms with van der Waals surface area (Å²) in [4.78, 5) is 30.6. The number of thiazole rings is 1. The third-order valence-electron chi connectivity index (χ3n) is 4.63. The molecule has 0 unspecified atom stereocenters. The standard InChI is InChI=1S/C18H20N4O2S2/c1-11-19-16-17(26-11)15(13-8-5-9-25-13)21-22(18(16)24)10-14(23)20-12-6-3-2-4-7-12/h5,8-9,12H,2-4,6-7,10H2,1H3,(H,20,23). The van der Waals surface area contributed by atoms with Gasteiger partial charge in [0, 0.05) is 6.04 Å². The molecule has 4 rings (SSSR count). The Morgan fingerprint density at radius 2 is 2.15 bits per heavy atom. The molecule has 0 atom stereocenters. The molecule has 3 aromatic rings. The second-order valence-electron chi connectivity index (χ2n) is 6.60. The van der Waals surface area contributed by atoms with Crippen LogP contribution in [0, 0.1) is 6.92 Å². The second kappa shape index (κ2) is 7.28. The topological polar surface area (TPSA) is 76.9 Å². The van der Waals surface area contributed by atoms with Crippen molar-refractivity contribution in [3.05, 3.63) is 32.9 Å². The van der Waals surface area contributed by atoms with Crippen LogP contribution in [0.4, 0.5) is 0 Å². The Kier molecular flexibility index (Phi) is 4.86. The van der Waals surface area contributed by atoms with Crippen molar-refractivity contribution in [2.75, 3.05) is 0 Å². The van der Waals surface area contributed by atoms with E-state index >= 15 is 0 Å². The molecule has 6 nitrogen and oxygen atoms in total. The molecule has 1 N–H and O–H groups in total. The predicted molar refractivity (Wildman–Crippen MR) is 105 cm³/mol. The summed E-state index contributed by atoms with van der Waals surface area (Å²) in [5.74, 6) is -0.157. The van der Waals surface area contributed by atoms with E-state index in [0.717, 1.165) is 46.0 Å². The Morgan fingerprint density at radius 1 is 1.35 bits per heavy atom. The van der Waals surface area contributed by atoms with E-state index < -0.39 is 0 Å². The monoisotopic (exact) mass is 388 g/mol. The molecular formula is C18H20N4O2S2. The summed E-state index contributed by atoms with van der Waals surface area (Å²) in [6, 6.07) is 4.14. The Morgan fingerprint density at radius 3 is 2.88 bits per heavy atom. The highest BCUT2D eigenvalue weighted by Gasteiger charge is 2.20. The summed E-state index contributed by atoms with van der Waals surface area (Å²) in [6.07, 6.45) is 5.56. The average Bonchev–Trinajstić information content (AvgIpc) is 3.28. The number of hydrogen-bond acceptors (Lipinski definition) is 6. The van der Waals surface area contributed by atoms with Crippen LogP contribution >= 0.6 is 22.7 Å². The van der Waals surface area contributed by atoms with E-state index in [-0.39, 0.29) is 24.1 Å². The zero-order valence-corrected chi connectivity index (χ0v) is 16.2. The van der Waals surface area contributed by atoms with Crippen LogP contribution in [-0.4, -0.2) is 26.7 Å². The lowest BCUT2D eigenvalue weighted by Gasteiger charge is -2.22. The van der Waals surface area contributed by atoms with Crippen LogP contribution in [0.1, 0.15) is 37.1 Å². The van der Waals surface area contributed by atoms with Crippen LogP contribution in [-0.2, 0) is 11.3 Å². The maximum Gasteiger partial charge on any atom is 0.294 e. The van der Waals surface area contributed by atoms with Gasteiger partial charge in [-0.15, -0.1) is 22.7 Å². The van der Waals surface area contributed by atoms with E-state index in [4.69, 9.17) is 0 Å². The molecule has 1 saturated carbocycles.